The van der Waals surface area contributed by atoms with E-state index in [2.05, 4.69) is 36.5 Å². The van der Waals surface area contributed by atoms with Crippen LogP contribution in [0.2, 0.25) is 0 Å². The minimum atomic E-state index is -0.331. The summed E-state index contributed by atoms with van der Waals surface area (Å²) in [6.45, 7) is 3.29. The zero-order chi connectivity index (χ0) is 23.5. The van der Waals surface area contributed by atoms with Gasteiger partial charge in [-0.25, -0.2) is 4.39 Å². The molecule has 0 radical (unpaired) electrons. The molecule has 1 saturated carbocycles. The van der Waals surface area contributed by atoms with Gasteiger partial charge in [-0.3, -0.25) is 4.79 Å². The molecule has 178 valence electrons. The molecule has 3 aromatic rings. The third-order valence-corrected chi connectivity index (χ3v) is 7.99. The van der Waals surface area contributed by atoms with Crippen molar-refractivity contribution >= 4 is 17.3 Å². The van der Waals surface area contributed by atoms with Crippen LogP contribution < -0.4 is 14.8 Å². The number of carbonyl (C=O) groups excluding carboxylic acids is 1. The van der Waals surface area contributed by atoms with Crippen molar-refractivity contribution in [3.63, 3.8) is 0 Å². The number of halogens is 1. The number of nitrogens with one attached hydrogen (secondary N) is 1. The molecule has 1 unspecified atom stereocenters. The van der Waals surface area contributed by atoms with Crippen molar-refractivity contribution in [3.05, 3.63) is 81.3 Å². The molecule has 34 heavy (non-hydrogen) atoms. The molecule has 0 saturated heterocycles. The van der Waals surface area contributed by atoms with E-state index in [-0.39, 0.29) is 24.8 Å². The fraction of sp³-hybridized carbons (Fsp3) is 0.393. The normalized spacial score (nSPS) is 21.1. The highest BCUT2D eigenvalue weighted by Gasteiger charge is 2.38. The van der Waals surface area contributed by atoms with Crippen LogP contribution in [0.1, 0.15) is 40.1 Å². The molecule has 1 fully saturated rings. The molecule has 2 aliphatic rings. The van der Waals surface area contributed by atoms with Crippen LogP contribution in [0, 0.1) is 24.6 Å². The molecule has 0 amide bonds. The van der Waals surface area contributed by atoms with Gasteiger partial charge in [-0.05, 0) is 104 Å². The molecule has 1 heterocycles. The average Bonchev–Trinajstić information content (AvgIpc) is 3.35. The van der Waals surface area contributed by atoms with Gasteiger partial charge < -0.3 is 14.8 Å². The Labute approximate surface area is 204 Å². The maximum atomic E-state index is 13.0. The third kappa shape index (κ3) is 5.50. The van der Waals surface area contributed by atoms with Crippen LogP contribution >= 0.6 is 11.3 Å². The van der Waals surface area contributed by atoms with E-state index in [1.807, 2.05) is 17.4 Å². The maximum Gasteiger partial charge on any atom is 0.314 e. The summed E-state index contributed by atoms with van der Waals surface area (Å²) in [5, 5.41) is 3.86. The molecular weight excluding hydrogens is 449 g/mol. The predicted octanol–water partition coefficient (Wildman–Crippen LogP) is 5.85. The molecule has 1 aromatic heterocycles. The van der Waals surface area contributed by atoms with E-state index in [9.17, 15) is 9.18 Å². The van der Waals surface area contributed by atoms with Crippen LogP contribution in [0.5, 0.6) is 11.5 Å². The summed E-state index contributed by atoms with van der Waals surface area (Å²) in [7, 11) is 0. The van der Waals surface area contributed by atoms with Gasteiger partial charge in [0, 0.05) is 22.3 Å². The number of hydrogen-bond acceptors (Lipinski definition) is 5. The maximum absolute atomic E-state index is 13.0. The van der Waals surface area contributed by atoms with Gasteiger partial charge in [0.05, 0.1) is 13.0 Å². The average molecular weight is 480 g/mol. The lowest BCUT2D eigenvalue weighted by molar-refractivity contribution is -0.134. The second kappa shape index (κ2) is 10.3. The Balaban J connectivity index is 1.16. The van der Waals surface area contributed by atoms with Gasteiger partial charge in [-0.15, -0.1) is 11.3 Å². The van der Waals surface area contributed by atoms with Crippen molar-refractivity contribution in [1.29, 1.82) is 0 Å². The molecule has 5 rings (SSSR count). The Hall–Kier alpha value is -2.70. The van der Waals surface area contributed by atoms with Gasteiger partial charge in [0.2, 0.25) is 0 Å². The van der Waals surface area contributed by atoms with E-state index >= 15 is 0 Å². The Kier molecular flexibility index (Phi) is 6.97. The number of aryl methyl sites for hydroxylation is 1. The first-order chi connectivity index (χ1) is 16.5. The van der Waals surface area contributed by atoms with Crippen LogP contribution in [0.15, 0.2) is 54.6 Å². The van der Waals surface area contributed by atoms with E-state index in [4.69, 9.17) is 9.47 Å². The topological polar surface area (TPSA) is 47.6 Å². The van der Waals surface area contributed by atoms with E-state index in [1.165, 1.54) is 45.9 Å². The first-order valence-corrected chi connectivity index (χ1v) is 12.8. The second-order valence-corrected chi connectivity index (χ2v) is 10.8. The Morgan fingerprint density at radius 3 is 2.47 bits per heavy atom. The standard InChI is InChI=1S/C28H30FNO3S/c1-18-2-11-26(34-18)17-30-28-20-3-4-21(28)15-22-16-25(8-5-19(22)14-20)33-27(31)12-13-32-24-9-6-23(29)7-10-24/h2,5-11,16,20-21,28,30H,3-4,12-15,17H2,1H3/t20?,21-,28+/m0/s1. The van der Waals surface area contributed by atoms with E-state index < -0.39 is 0 Å². The number of carbonyl (C=O) groups is 1. The van der Waals surface area contributed by atoms with E-state index in [1.54, 1.807) is 12.1 Å². The smallest absolute Gasteiger partial charge is 0.314 e. The van der Waals surface area contributed by atoms with Crippen molar-refractivity contribution < 1.29 is 18.7 Å². The lowest BCUT2D eigenvalue weighted by atomic mass is 9.93. The fourth-order valence-corrected chi connectivity index (χ4v) is 6.19. The van der Waals surface area contributed by atoms with E-state index in [0.717, 1.165) is 19.4 Å². The highest BCUT2D eigenvalue weighted by atomic mass is 32.1. The quantitative estimate of drug-likeness (QED) is 0.325. The summed E-state index contributed by atoms with van der Waals surface area (Å²) in [6.07, 6.45) is 4.75. The van der Waals surface area contributed by atoms with Crippen molar-refractivity contribution in [2.45, 2.75) is 51.6 Å². The zero-order valence-electron chi connectivity index (χ0n) is 19.4. The summed E-state index contributed by atoms with van der Waals surface area (Å²) in [5.41, 5.74) is 2.68. The van der Waals surface area contributed by atoms with Crippen LogP contribution in [-0.4, -0.2) is 18.6 Å². The number of ether oxygens (including phenoxy) is 2. The van der Waals surface area contributed by atoms with Crippen LogP contribution in [0.4, 0.5) is 4.39 Å². The number of esters is 1. The molecule has 0 spiro atoms. The van der Waals surface area contributed by atoms with Gasteiger partial charge in [0.15, 0.2) is 0 Å². The predicted molar refractivity (Wildman–Crippen MR) is 132 cm³/mol. The summed E-state index contributed by atoms with van der Waals surface area (Å²) < 4.78 is 24.1. The Morgan fingerprint density at radius 1 is 1.00 bits per heavy atom. The van der Waals surface area contributed by atoms with Gasteiger partial charge >= 0.3 is 5.97 Å². The summed E-state index contributed by atoms with van der Waals surface area (Å²) in [4.78, 5) is 15.1. The van der Waals surface area contributed by atoms with Crippen molar-refractivity contribution in [3.8, 4) is 11.5 Å². The lowest BCUT2D eigenvalue weighted by Gasteiger charge is -2.23. The minimum Gasteiger partial charge on any atom is -0.493 e. The summed E-state index contributed by atoms with van der Waals surface area (Å²) >= 11 is 1.87. The first kappa shape index (κ1) is 23.1. The van der Waals surface area contributed by atoms with E-state index in [0.29, 0.717) is 29.4 Å². The minimum absolute atomic E-state index is 0.132. The number of rotatable bonds is 8. The van der Waals surface area contributed by atoms with Gasteiger partial charge in [-0.1, -0.05) is 6.07 Å². The number of thiophene rings is 1. The number of benzene rings is 2. The molecule has 2 aromatic carbocycles. The first-order valence-electron chi connectivity index (χ1n) is 12.0. The van der Waals surface area contributed by atoms with Crippen molar-refractivity contribution in [1.82, 2.24) is 5.32 Å². The number of fused-ring (bicyclic) bond motifs is 3. The highest BCUT2D eigenvalue weighted by molar-refractivity contribution is 7.11. The molecule has 2 bridgehead atoms. The number of hydrogen-bond donors (Lipinski definition) is 1. The summed E-state index contributed by atoms with van der Waals surface area (Å²) in [5.74, 6) is 1.76. The second-order valence-electron chi connectivity index (χ2n) is 9.38. The van der Waals surface area contributed by atoms with Crippen molar-refractivity contribution in [2.75, 3.05) is 6.61 Å². The highest BCUT2D eigenvalue weighted by Crippen LogP contribution is 2.41. The molecular formula is C28H30FNO3S. The van der Waals surface area contributed by atoms with Gasteiger partial charge in [0.1, 0.15) is 17.3 Å². The zero-order valence-corrected chi connectivity index (χ0v) is 20.2. The Morgan fingerprint density at radius 2 is 1.74 bits per heavy atom. The van der Waals surface area contributed by atoms with Crippen LogP contribution in [0.25, 0.3) is 0 Å². The fourth-order valence-electron chi connectivity index (χ4n) is 5.35. The lowest BCUT2D eigenvalue weighted by Crippen LogP contribution is -2.37. The molecule has 4 nitrogen and oxygen atoms in total. The molecule has 1 N–H and O–H groups in total. The van der Waals surface area contributed by atoms with Crippen LogP contribution in [-0.2, 0) is 24.2 Å². The monoisotopic (exact) mass is 479 g/mol. The molecule has 6 heteroatoms. The molecule has 3 atom stereocenters. The van der Waals surface area contributed by atoms with Gasteiger partial charge in [-0.2, -0.15) is 0 Å². The van der Waals surface area contributed by atoms with Crippen LogP contribution in [0.3, 0.4) is 0 Å². The SMILES string of the molecule is Cc1ccc(CN[C@@H]2C3CC[C@H]2Cc2cc(OC(=O)CCOc4ccc(F)cc4)ccc2C3)s1. The summed E-state index contributed by atoms with van der Waals surface area (Å²) in [6, 6.07) is 16.8. The Bertz CT molecular complexity index is 1140. The molecule has 2 aliphatic carbocycles. The molecule has 0 aliphatic heterocycles. The van der Waals surface area contributed by atoms with Crippen molar-refractivity contribution in [2.24, 2.45) is 11.8 Å². The largest absolute Gasteiger partial charge is 0.493 e. The third-order valence-electron chi connectivity index (χ3n) is 6.99. The van der Waals surface area contributed by atoms with Gasteiger partial charge in [0.25, 0.3) is 0 Å².